The predicted molar refractivity (Wildman–Crippen MR) is 81.7 cm³/mol. The second-order valence-electron chi connectivity index (χ2n) is 5.04. The molecular formula is C16H17N3O. The molecule has 0 bridgehead atoms. The highest BCUT2D eigenvalue weighted by atomic mass is 16.2. The molecule has 102 valence electrons. The monoisotopic (exact) mass is 267 g/mol. The Hall–Kier alpha value is -2.49. The van der Waals surface area contributed by atoms with Gasteiger partial charge in [-0.25, -0.2) is 0 Å². The Morgan fingerprint density at radius 1 is 1.15 bits per heavy atom. The number of carbonyl (C=O) groups excluding carboxylic acids is 1. The lowest BCUT2D eigenvalue weighted by molar-refractivity contribution is -0.115. The van der Waals surface area contributed by atoms with Crippen LogP contribution in [-0.4, -0.2) is 12.5 Å². The van der Waals surface area contributed by atoms with Crippen molar-refractivity contribution < 1.29 is 4.79 Å². The molecule has 2 aromatic carbocycles. The number of amides is 1. The molecule has 4 heteroatoms. The molecular weight excluding hydrogens is 250 g/mol. The first-order chi connectivity index (χ1) is 9.65. The second kappa shape index (κ2) is 4.89. The third kappa shape index (κ3) is 2.20. The lowest BCUT2D eigenvalue weighted by Gasteiger charge is -2.36. The van der Waals surface area contributed by atoms with Crippen LogP contribution in [0.3, 0.4) is 0 Å². The third-order valence-corrected chi connectivity index (χ3v) is 3.69. The Bertz CT molecular complexity index is 636. The molecule has 3 rings (SSSR count). The van der Waals surface area contributed by atoms with E-state index in [2.05, 4.69) is 17.1 Å². The van der Waals surface area contributed by atoms with E-state index in [1.165, 1.54) is 0 Å². The van der Waals surface area contributed by atoms with Crippen molar-refractivity contribution in [1.82, 2.24) is 0 Å². The quantitative estimate of drug-likeness (QED) is 0.823. The van der Waals surface area contributed by atoms with Gasteiger partial charge in [0.2, 0.25) is 5.91 Å². The Morgan fingerprint density at radius 3 is 2.60 bits per heavy atom. The molecule has 1 aliphatic rings. The van der Waals surface area contributed by atoms with Gasteiger partial charge in [0.25, 0.3) is 0 Å². The van der Waals surface area contributed by atoms with Crippen LogP contribution in [-0.2, 0) is 4.79 Å². The van der Waals surface area contributed by atoms with Gasteiger partial charge in [0, 0.05) is 5.69 Å². The normalized spacial score (nSPS) is 15.4. The molecule has 0 fully saturated rings. The standard InChI is InChI=1S/C16H17N3O/c1-11(12-6-8-13(17)9-7-12)19-10-16(20)18-14-4-2-3-5-15(14)19/h2-9,11H,10,17H2,1H3,(H,18,20). The highest BCUT2D eigenvalue weighted by Gasteiger charge is 2.25. The van der Waals surface area contributed by atoms with E-state index in [-0.39, 0.29) is 11.9 Å². The topological polar surface area (TPSA) is 58.4 Å². The Morgan fingerprint density at radius 2 is 1.85 bits per heavy atom. The van der Waals surface area contributed by atoms with Gasteiger partial charge in [-0.3, -0.25) is 4.79 Å². The summed E-state index contributed by atoms with van der Waals surface area (Å²) >= 11 is 0. The van der Waals surface area contributed by atoms with Crippen LogP contribution < -0.4 is 16.0 Å². The van der Waals surface area contributed by atoms with Crippen molar-refractivity contribution in [2.24, 2.45) is 0 Å². The molecule has 0 saturated heterocycles. The van der Waals surface area contributed by atoms with Crippen molar-refractivity contribution in [3.63, 3.8) is 0 Å². The fraction of sp³-hybridized carbons (Fsp3) is 0.188. The highest BCUT2D eigenvalue weighted by Crippen LogP contribution is 2.35. The molecule has 4 nitrogen and oxygen atoms in total. The molecule has 2 aromatic rings. The predicted octanol–water partition coefficient (Wildman–Crippen LogP) is 2.79. The van der Waals surface area contributed by atoms with Gasteiger partial charge < -0.3 is 16.0 Å². The van der Waals surface area contributed by atoms with E-state index in [0.29, 0.717) is 6.54 Å². The largest absolute Gasteiger partial charge is 0.399 e. The van der Waals surface area contributed by atoms with E-state index in [0.717, 1.165) is 22.6 Å². The minimum atomic E-state index is 0.0194. The number of para-hydroxylation sites is 2. The van der Waals surface area contributed by atoms with Crippen LogP contribution >= 0.6 is 0 Å². The van der Waals surface area contributed by atoms with Gasteiger partial charge in [0.05, 0.1) is 24.0 Å². The van der Waals surface area contributed by atoms with Crippen LogP contribution in [0.1, 0.15) is 18.5 Å². The van der Waals surface area contributed by atoms with Gasteiger partial charge in [0.1, 0.15) is 0 Å². The van der Waals surface area contributed by atoms with Crippen LogP contribution in [0.2, 0.25) is 0 Å². The zero-order valence-corrected chi connectivity index (χ0v) is 11.3. The summed E-state index contributed by atoms with van der Waals surface area (Å²) in [6.45, 7) is 2.46. The number of nitrogen functional groups attached to an aromatic ring is 1. The van der Waals surface area contributed by atoms with Crippen molar-refractivity contribution >= 4 is 23.0 Å². The summed E-state index contributed by atoms with van der Waals surface area (Å²) < 4.78 is 0. The van der Waals surface area contributed by atoms with Crippen LogP contribution in [0, 0.1) is 0 Å². The van der Waals surface area contributed by atoms with E-state index >= 15 is 0 Å². The van der Waals surface area contributed by atoms with Gasteiger partial charge in [-0.1, -0.05) is 24.3 Å². The minimum Gasteiger partial charge on any atom is -0.399 e. The number of benzene rings is 2. The molecule has 1 amide bonds. The van der Waals surface area contributed by atoms with Crippen molar-refractivity contribution in [2.45, 2.75) is 13.0 Å². The van der Waals surface area contributed by atoms with Crippen molar-refractivity contribution in [3.05, 3.63) is 54.1 Å². The SMILES string of the molecule is CC(c1ccc(N)cc1)N1CC(=O)Nc2ccccc21. The van der Waals surface area contributed by atoms with Crippen molar-refractivity contribution in [2.75, 3.05) is 22.5 Å². The Kier molecular flexibility index (Phi) is 3.06. The number of fused-ring (bicyclic) bond motifs is 1. The molecule has 0 saturated carbocycles. The molecule has 1 atom stereocenters. The molecule has 0 radical (unpaired) electrons. The molecule has 1 unspecified atom stereocenters. The molecule has 0 aliphatic carbocycles. The first kappa shape index (κ1) is 12.5. The van der Waals surface area contributed by atoms with E-state index in [1.807, 2.05) is 48.5 Å². The Labute approximate surface area is 118 Å². The van der Waals surface area contributed by atoms with E-state index in [9.17, 15) is 4.79 Å². The van der Waals surface area contributed by atoms with E-state index in [1.54, 1.807) is 0 Å². The maximum absolute atomic E-state index is 11.9. The number of nitrogens with one attached hydrogen (secondary N) is 1. The van der Waals surface area contributed by atoms with Crippen molar-refractivity contribution in [3.8, 4) is 0 Å². The third-order valence-electron chi connectivity index (χ3n) is 3.69. The van der Waals surface area contributed by atoms with Gasteiger partial charge >= 0.3 is 0 Å². The summed E-state index contributed by atoms with van der Waals surface area (Å²) in [6, 6.07) is 15.8. The molecule has 0 spiro atoms. The average molecular weight is 267 g/mol. The van der Waals surface area contributed by atoms with Gasteiger partial charge in [-0.05, 0) is 36.8 Å². The van der Waals surface area contributed by atoms with Gasteiger partial charge in [-0.15, -0.1) is 0 Å². The number of rotatable bonds is 2. The number of nitrogens with zero attached hydrogens (tertiary/aromatic N) is 1. The van der Waals surface area contributed by atoms with Gasteiger partial charge in [0.15, 0.2) is 0 Å². The van der Waals surface area contributed by atoms with Crippen molar-refractivity contribution in [1.29, 1.82) is 0 Å². The lowest BCUT2D eigenvalue weighted by Crippen LogP contribution is -2.39. The zero-order valence-electron chi connectivity index (χ0n) is 11.3. The number of anilines is 3. The van der Waals surface area contributed by atoms with Gasteiger partial charge in [-0.2, -0.15) is 0 Å². The van der Waals surface area contributed by atoms with E-state index < -0.39 is 0 Å². The summed E-state index contributed by atoms with van der Waals surface area (Å²) in [5, 5.41) is 2.90. The van der Waals surface area contributed by atoms with Crippen LogP contribution in [0.25, 0.3) is 0 Å². The number of carbonyl (C=O) groups is 1. The van der Waals surface area contributed by atoms with Crippen LogP contribution in [0.5, 0.6) is 0 Å². The number of nitrogens with two attached hydrogens (primary N) is 1. The fourth-order valence-corrected chi connectivity index (χ4v) is 2.56. The summed E-state index contributed by atoms with van der Waals surface area (Å²) in [6.07, 6.45) is 0. The molecule has 1 heterocycles. The Balaban J connectivity index is 1.97. The summed E-state index contributed by atoms with van der Waals surface area (Å²) in [5.41, 5.74) is 9.54. The number of hydrogen-bond acceptors (Lipinski definition) is 3. The highest BCUT2D eigenvalue weighted by molar-refractivity contribution is 6.01. The minimum absolute atomic E-state index is 0.0194. The fourth-order valence-electron chi connectivity index (χ4n) is 2.56. The maximum atomic E-state index is 11.9. The summed E-state index contributed by atoms with van der Waals surface area (Å²) in [4.78, 5) is 14.0. The van der Waals surface area contributed by atoms with E-state index in [4.69, 9.17) is 5.73 Å². The zero-order chi connectivity index (χ0) is 14.1. The maximum Gasteiger partial charge on any atom is 0.243 e. The van der Waals surface area contributed by atoms with Crippen LogP contribution in [0.4, 0.5) is 17.1 Å². The molecule has 1 aliphatic heterocycles. The first-order valence-corrected chi connectivity index (χ1v) is 6.66. The summed E-state index contributed by atoms with van der Waals surface area (Å²) in [7, 11) is 0. The average Bonchev–Trinajstić information content (AvgIpc) is 2.46. The second-order valence-corrected chi connectivity index (χ2v) is 5.04. The molecule has 0 aromatic heterocycles. The lowest BCUT2D eigenvalue weighted by atomic mass is 10.0. The summed E-state index contributed by atoms with van der Waals surface area (Å²) in [5.74, 6) is 0.0194. The van der Waals surface area contributed by atoms with Crippen LogP contribution in [0.15, 0.2) is 48.5 Å². The molecule has 3 N–H and O–H groups in total. The molecule has 20 heavy (non-hydrogen) atoms. The smallest absolute Gasteiger partial charge is 0.243 e. The first-order valence-electron chi connectivity index (χ1n) is 6.66. The number of hydrogen-bond donors (Lipinski definition) is 2.